The molecule has 0 unspecified atom stereocenters. The molecule has 1 aliphatic heterocycles. The van der Waals surface area contributed by atoms with Gasteiger partial charge in [-0.05, 0) is 6.42 Å². The Kier molecular flexibility index (Phi) is 6.12. The number of sulfone groups is 1. The lowest BCUT2D eigenvalue weighted by Gasteiger charge is -2.34. The summed E-state index contributed by atoms with van der Waals surface area (Å²) in [7, 11) is -3.38. The monoisotopic (exact) mass is 309 g/mol. The van der Waals surface area contributed by atoms with E-state index in [9.17, 15) is 18.0 Å². The Morgan fingerprint density at radius 1 is 1.42 bits per heavy atom. The molecule has 0 spiro atoms. The molecule has 0 aliphatic carbocycles. The molecule has 1 atom stereocenters. The van der Waals surface area contributed by atoms with E-state index in [0.29, 0.717) is 18.7 Å². The highest BCUT2D eigenvalue weighted by Gasteiger charge is 2.30. The van der Waals surface area contributed by atoms with Crippen molar-refractivity contribution in [1.29, 1.82) is 0 Å². The third-order valence-corrected chi connectivity index (χ3v) is 5.63. The number of carboxylic acids is 1. The third-order valence-electron chi connectivity index (χ3n) is 2.82. The second-order valence-electron chi connectivity index (χ2n) is 4.51. The van der Waals surface area contributed by atoms with E-state index in [-0.39, 0.29) is 12.2 Å². The van der Waals surface area contributed by atoms with Crippen LogP contribution in [0, 0.1) is 0 Å². The molecular weight excluding hydrogens is 290 g/mol. The van der Waals surface area contributed by atoms with E-state index >= 15 is 0 Å². The van der Waals surface area contributed by atoms with Crippen LogP contribution in [-0.4, -0.2) is 65.9 Å². The summed E-state index contributed by atoms with van der Waals surface area (Å²) in [6.07, 6.45) is 0.344. The van der Waals surface area contributed by atoms with E-state index in [1.165, 1.54) is 4.90 Å². The minimum atomic E-state index is -3.38. The molecule has 0 aromatic heterocycles. The highest BCUT2D eigenvalue weighted by atomic mass is 32.2. The molecule has 1 aliphatic rings. The first-order valence-corrected chi connectivity index (χ1v) is 9.12. The van der Waals surface area contributed by atoms with E-state index < -0.39 is 33.5 Å². The minimum absolute atomic E-state index is 0.00900. The van der Waals surface area contributed by atoms with Crippen LogP contribution in [0.25, 0.3) is 0 Å². The van der Waals surface area contributed by atoms with E-state index in [4.69, 9.17) is 5.11 Å². The van der Waals surface area contributed by atoms with Gasteiger partial charge in [0, 0.05) is 18.1 Å². The Morgan fingerprint density at radius 3 is 2.68 bits per heavy atom. The summed E-state index contributed by atoms with van der Waals surface area (Å²) in [5.74, 6) is -0.699. The zero-order valence-corrected chi connectivity index (χ0v) is 12.5. The SMILES string of the molecule is CCCS(=O)(=O)CC(=O)N1CCSC[C@H]1CC(=O)O. The number of nitrogens with zero attached hydrogens (tertiary/aromatic N) is 1. The summed E-state index contributed by atoms with van der Waals surface area (Å²) in [4.78, 5) is 24.2. The van der Waals surface area contributed by atoms with Crippen molar-refractivity contribution >= 4 is 33.5 Å². The predicted molar refractivity (Wildman–Crippen MR) is 74.0 cm³/mol. The van der Waals surface area contributed by atoms with Crippen LogP contribution in [0.5, 0.6) is 0 Å². The first kappa shape index (κ1) is 16.3. The molecular formula is C11H19NO5S2. The molecule has 0 radical (unpaired) electrons. The molecule has 0 aromatic rings. The molecule has 1 fully saturated rings. The van der Waals surface area contributed by atoms with Crippen LogP contribution < -0.4 is 0 Å². The Bertz CT molecular complexity index is 434. The van der Waals surface area contributed by atoms with E-state index in [1.54, 1.807) is 18.7 Å². The van der Waals surface area contributed by atoms with Crippen LogP contribution in [0.15, 0.2) is 0 Å². The third kappa shape index (κ3) is 5.40. The maximum absolute atomic E-state index is 12.0. The van der Waals surface area contributed by atoms with Crippen molar-refractivity contribution in [3.05, 3.63) is 0 Å². The van der Waals surface area contributed by atoms with Crippen molar-refractivity contribution in [1.82, 2.24) is 4.90 Å². The smallest absolute Gasteiger partial charge is 0.305 e. The predicted octanol–water partition coefficient (Wildman–Crippen LogP) is 0.230. The van der Waals surface area contributed by atoms with Crippen LogP contribution in [0.2, 0.25) is 0 Å². The van der Waals surface area contributed by atoms with Crippen LogP contribution in [0.3, 0.4) is 0 Å². The van der Waals surface area contributed by atoms with Crippen LogP contribution in [-0.2, 0) is 19.4 Å². The van der Waals surface area contributed by atoms with Gasteiger partial charge in [-0.3, -0.25) is 9.59 Å². The molecule has 1 N–H and O–H groups in total. The number of hydrogen-bond acceptors (Lipinski definition) is 5. The fraction of sp³-hybridized carbons (Fsp3) is 0.818. The maximum Gasteiger partial charge on any atom is 0.305 e. The van der Waals surface area contributed by atoms with E-state index in [0.717, 1.165) is 5.75 Å². The van der Waals surface area contributed by atoms with Crippen LogP contribution >= 0.6 is 11.8 Å². The molecule has 1 rings (SSSR count). The fourth-order valence-electron chi connectivity index (χ4n) is 2.01. The highest BCUT2D eigenvalue weighted by Crippen LogP contribution is 2.19. The molecule has 19 heavy (non-hydrogen) atoms. The lowest BCUT2D eigenvalue weighted by atomic mass is 10.2. The Hall–Kier alpha value is -0.760. The maximum atomic E-state index is 12.0. The summed E-state index contributed by atoms with van der Waals surface area (Å²) in [5.41, 5.74) is 0. The van der Waals surface area contributed by atoms with Crippen molar-refractivity contribution in [2.75, 3.05) is 29.6 Å². The van der Waals surface area contributed by atoms with Crippen molar-refractivity contribution < 1.29 is 23.1 Å². The average molecular weight is 309 g/mol. The van der Waals surface area contributed by atoms with E-state index in [2.05, 4.69) is 0 Å². The molecule has 0 aromatic carbocycles. The molecule has 8 heteroatoms. The van der Waals surface area contributed by atoms with Gasteiger partial charge in [-0.15, -0.1) is 0 Å². The first-order valence-electron chi connectivity index (χ1n) is 6.15. The van der Waals surface area contributed by atoms with Gasteiger partial charge in [-0.25, -0.2) is 8.42 Å². The summed E-state index contributed by atoms with van der Waals surface area (Å²) in [6.45, 7) is 2.16. The van der Waals surface area contributed by atoms with Gasteiger partial charge in [-0.1, -0.05) is 6.92 Å². The quantitative estimate of drug-likeness (QED) is 0.755. The van der Waals surface area contributed by atoms with Crippen molar-refractivity contribution in [3.63, 3.8) is 0 Å². The van der Waals surface area contributed by atoms with Crippen LogP contribution in [0.4, 0.5) is 0 Å². The lowest BCUT2D eigenvalue weighted by Crippen LogP contribution is -2.49. The zero-order chi connectivity index (χ0) is 14.5. The molecule has 110 valence electrons. The topological polar surface area (TPSA) is 91.8 Å². The van der Waals surface area contributed by atoms with Crippen LogP contribution in [0.1, 0.15) is 19.8 Å². The second-order valence-corrected chi connectivity index (χ2v) is 7.84. The summed E-state index contributed by atoms with van der Waals surface area (Å²) in [5, 5.41) is 8.82. The Morgan fingerprint density at radius 2 is 2.11 bits per heavy atom. The summed E-state index contributed by atoms with van der Waals surface area (Å²) < 4.78 is 23.3. The molecule has 0 bridgehead atoms. The number of carbonyl (C=O) groups excluding carboxylic acids is 1. The van der Waals surface area contributed by atoms with Crippen molar-refractivity contribution in [2.24, 2.45) is 0 Å². The lowest BCUT2D eigenvalue weighted by molar-refractivity contribution is -0.139. The molecule has 1 saturated heterocycles. The standard InChI is InChI=1S/C11H19NO5S2/c1-2-5-19(16,17)8-10(13)12-3-4-18-7-9(12)6-11(14)15/h9H,2-8H2,1H3,(H,14,15)/t9-/m1/s1. The number of hydrogen-bond donors (Lipinski definition) is 1. The minimum Gasteiger partial charge on any atom is -0.481 e. The van der Waals surface area contributed by atoms with Gasteiger partial charge in [0.2, 0.25) is 5.91 Å². The summed E-state index contributed by atoms with van der Waals surface area (Å²) >= 11 is 1.59. The normalized spacial score (nSPS) is 20.3. The van der Waals surface area contributed by atoms with Gasteiger partial charge >= 0.3 is 5.97 Å². The number of aliphatic carboxylic acids is 1. The largest absolute Gasteiger partial charge is 0.481 e. The van der Waals surface area contributed by atoms with Gasteiger partial charge in [-0.2, -0.15) is 11.8 Å². The average Bonchev–Trinajstić information content (AvgIpc) is 2.27. The Labute approximate surface area is 117 Å². The molecule has 1 heterocycles. The first-order chi connectivity index (χ1) is 8.85. The number of amides is 1. The summed E-state index contributed by atoms with van der Waals surface area (Å²) in [6, 6.07) is -0.402. The number of carbonyl (C=O) groups is 2. The number of carboxylic acid groups (broad SMARTS) is 1. The molecule has 1 amide bonds. The van der Waals surface area contributed by atoms with E-state index in [1.807, 2.05) is 0 Å². The van der Waals surface area contributed by atoms with Gasteiger partial charge in [0.25, 0.3) is 0 Å². The Balaban J connectivity index is 2.69. The fourth-order valence-corrected chi connectivity index (χ4v) is 4.38. The van der Waals surface area contributed by atoms with Gasteiger partial charge in [0.05, 0.1) is 18.2 Å². The zero-order valence-electron chi connectivity index (χ0n) is 10.9. The number of rotatable bonds is 6. The molecule has 0 saturated carbocycles. The highest BCUT2D eigenvalue weighted by molar-refractivity contribution is 7.99. The van der Waals surface area contributed by atoms with Gasteiger partial charge in [0.1, 0.15) is 5.75 Å². The van der Waals surface area contributed by atoms with Crippen molar-refractivity contribution in [2.45, 2.75) is 25.8 Å². The molecule has 6 nitrogen and oxygen atoms in total. The van der Waals surface area contributed by atoms with Gasteiger partial charge < -0.3 is 10.0 Å². The van der Waals surface area contributed by atoms with Crippen molar-refractivity contribution in [3.8, 4) is 0 Å². The van der Waals surface area contributed by atoms with Gasteiger partial charge in [0.15, 0.2) is 9.84 Å². The second kappa shape index (κ2) is 7.14. The number of thioether (sulfide) groups is 1.